The van der Waals surface area contributed by atoms with Crippen molar-refractivity contribution >= 4 is 45.0 Å². The highest BCUT2D eigenvalue weighted by molar-refractivity contribution is 6.10. The van der Waals surface area contributed by atoms with Crippen molar-refractivity contribution < 1.29 is 19.1 Å². The molecule has 328 valence electrons. The second-order valence-corrected chi connectivity index (χ2v) is 15.6. The van der Waals surface area contributed by atoms with Gasteiger partial charge in [-0.1, -0.05) is 55.5 Å². The number of fused-ring (bicyclic) bond motifs is 2. The number of aromatic amines is 2. The van der Waals surface area contributed by atoms with Crippen molar-refractivity contribution in [2.24, 2.45) is 0 Å². The largest absolute Gasteiger partial charge is 0.487 e. The van der Waals surface area contributed by atoms with Crippen LogP contribution >= 0.6 is 0 Å². The average Bonchev–Trinajstić information content (AvgIpc) is 3.32. The lowest BCUT2D eigenvalue weighted by molar-refractivity contribution is 0.0944. The van der Waals surface area contributed by atoms with Gasteiger partial charge in [0.05, 0.1) is 33.8 Å². The number of anilines is 2. The van der Waals surface area contributed by atoms with E-state index in [0.29, 0.717) is 71.3 Å². The zero-order valence-corrected chi connectivity index (χ0v) is 36.0. The first-order chi connectivity index (χ1) is 31.6. The summed E-state index contributed by atoms with van der Waals surface area (Å²) < 4.78 is 12.1. The van der Waals surface area contributed by atoms with Crippen molar-refractivity contribution in [1.29, 1.82) is 0 Å². The Bertz CT molecular complexity index is 3170. The summed E-state index contributed by atoms with van der Waals surface area (Å²) in [5.74, 6) is 0.0562. The molecule has 0 saturated carbocycles. The lowest BCUT2D eigenvalue weighted by Gasteiger charge is -2.16. The molecule has 0 aliphatic carbocycles. The van der Waals surface area contributed by atoms with Gasteiger partial charge in [0, 0.05) is 47.4 Å². The third-order valence-corrected chi connectivity index (χ3v) is 11.1. The molecule has 14 heteroatoms. The number of nitrogens with two attached hydrogens (primary N) is 2. The van der Waals surface area contributed by atoms with Gasteiger partial charge in [0.1, 0.15) is 35.8 Å². The van der Waals surface area contributed by atoms with E-state index in [2.05, 4.69) is 30.6 Å². The molecule has 0 fully saturated rings. The molecule has 14 nitrogen and oxygen atoms in total. The standard InChI is InChI=1S/C51H48N8O6/c1-3-20-56-48(60)43-45(53)41-25-31(24-40(47(41)59-51(43)63)32-12-8-15-35(26-32)64-28-33-13-4-6-21-54-33)11-10-23-57-49(61)42-44(52)38-17-9-16-37(46(38)58-50(42)62)39-27-36(19-18-30(39)2)65-29-34-14-5-7-22-55-34/h4-9,12-19,21-22,24-27H,3,10-11,20,23,28-29H2,1-2H3,(H,56,60)(H,57,61)(H3,52,58,62)(H3,53,59,63). The Morgan fingerprint density at radius 3 is 1.89 bits per heavy atom. The zero-order valence-electron chi connectivity index (χ0n) is 36.0. The Kier molecular flexibility index (Phi) is 13.0. The summed E-state index contributed by atoms with van der Waals surface area (Å²) in [5.41, 5.74) is 19.1. The smallest absolute Gasteiger partial charge is 0.263 e. The lowest BCUT2D eigenvalue weighted by atomic mass is 9.95. The van der Waals surface area contributed by atoms with Crippen molar-refractivity contribution in [2.75, 3.05) is 24.6 Å². The number of carbonyl (C=O) groups is 2. The summed E-state index contributed by atoms with van der Waals surface area (Å²) in [4.78, 5) is 68.4. The molecule has 8 rings (SSSR count). The topological polar surface area (TPSA) is 220 Å². The van der Waals surface area contributed by atoms with Crippen LogP contribution in [0.25, 0.3) is 44.1 Å². The summed E-state index contributed by atoms with van der Waals surface area (Å²) in [5, 5.41) is 6.66. The summed E-state index contributed by atoms with van der Waals surface area (Å²) in [6.45, 7) is 5.02. The van der Waals surface area contributed by atoms with Gasteiger partial charge < -0.3 is 41.5 Å². The normalized spacial score (nSPS) is 11.1. The molecule has 0 atom stereocenters. The first-order valence-corrected chi connectivity index (χ1v) is 21.4. The first-order valence-electron chi connectivity index (χ1n) is 21.4. The molecule has 8 N–H and O–H groups in total. The van der Waals surface area contributed by atoms with Gasteiger partial charge in [-0.05, 0) is 109 Å². The number of carbonyl (C=O) groups excluding carboxylic acids is 2. The van der Waals surface area contributed by atoms with Crippen LogP contribution in [0, 0.1) is 6.92 Å². The van der Waals surface area contributed by atoms with Crippen molar-refractivity contribution in [3.63, 3.8) is 0 Å². The van der Waals surface area contributed by atoms with Crippen LogP contribution < -0.4 is 42.7 Å². The van der Waals surface area contributed by atoms with Crippen molar-refractivity contribution in [3.8, 4) is 33.8 Å². The molecule has 0 aliphatic heterocycles. The van der Waals surface area contributed by atoms with Gasteiger partial charge in [-0.3, -0.25) is 29.1 Å². The molecule has 0 spiro atoms. The predicted octanol–water partition coefficient (Wildman–Crippen LogP) is 7.63. The minimum atomic E-state index is -0.617. The number of nitrogens with zero attached hydrogens (tertiary/aromatic N) is 2. The van der Waals surface area contributed by atoms with Crippen LogP contribution in [0.1, 0.15) is 63.0 Å². The van der Waals surface area contributed by atoms with Crippen LogP contribution in [-0.4, -0.2) is 44.8 Å². The van der Waals surface area contributed by atoms with Crippen molar-refractivity contribution in [1.82, 2.24) is 30.6 Å². The summed E-state index contributed by atoms with van der Waals surface area (Å²) >= 11 is 0. The van der Waals surface area contributed by atoms with Crippen molar-refractivity contribution in [2.45, 2.75) is 46.3 Å². The number of nitrogen functional groups attached to an aromatic ring is 2. The number of aryl methyl sites for hydroxylation is 2. The first kappa shape index (κ1) is 43.4. The Morgan fingerprint density at radius 1 is 0.631 bits per heavy atom. The number of hydrogen-bond acceptors (Lipinski definition) is 10. The van der Waals surface area contributed by atoms with E-state index < -0.39 is 22.9 Å². The fraction of sp³-hybridized carbons (Fsp3) is 0.176. The number of aromatic nitrogens is 4. The second kappa shape index (κ2) is 19.4. The van der Waals surface area contributed by atoms with E-state index >= 15 is 0 Å². The van der Waals surface area contributed by atoms with E-state index in [1.165, 1.54) is 0 Å². The highest BCUT2D eigenvalue weighted by Crippen LogP contribution is 2.36. The van der Waals surface area contributed by atoms with Gasteiger partial charge in [-0.25, -0.2) is 0 Å². The number of para-hydroxylation sites is 1. The lowest BCUT2D eigenvalue weighted by Crippen LogP contribution is -2.32. The van der Waals surface area contributed by atoms with E-state index in [9.17, 15) is 19.2 Å². The van der Waals surface area contributed by atoms with E-state index in [1.807, 2.05) is 117 Å². The molecular formula is C51H48N8O6. The molecule has 0 unspecified atom stereocenters. The van der Waals surface area contributed by atoms with Crippen molar-refractivity contribution in [3.05, 3.63) is 176 Å². The summed E-state index contributed by atoms with van der Waals surface area (Å²) in [6.07, 6.45) is 5.03. The third-order valence-electron chi connectivity index (χ3n) is 11.1. The number of benzene rings is 4. The molecule has 4 aromatic carbocycles. The number of hydrogen-bond donors (Lipinski definition) is 6. The van der Waals surface area contributed by atoms with Crippen LogP contribution in [0.2, 0.25) is 0 Å². The fourth-order valence-electron chi connectivity index (χ4n) is 7.80. The minimum absolute atomic E-state index is 0.0577. The monoisotopic (exact) mass is 868 g/mol. The number of nitrogens with one attached hydrogen (secondary N) is 4. The Labute approximate surface area is 374 Å². The maximum atomic E-state index is 13.7. The zero-order chi connectivity index (χ0) is 45.5. The number of ether oxygens (including phenoxy) is 2. The number of H-pyrrole nitrogens is 2. The van der Waals surface area contributed by atoms with Crippen LogP contribution in [0.15, 0.2) is 131 Å². The second-order valence-electron chi connectivity index (χ2n) is 15.6. The number of pyridine rings is 4. The SMILES string of the molecule is CCCNC(=O)c1c(N)c2cc(CCCNC(=O)c3c(N)c4cccc(-c5cc(OCc6ccccn6)ccc5C)c4[nH]c3=O)cc(-c3cccc(OCc4ccccn4)c3)c2[nH]c1=O. The maximum absolute atomic E-state index is 13.7. The Hall–Kier alpha value is -8.26. The van der Waals surface area contributed by atoms with Crippen LogP contribution in [0.5, 0.6) is 11.5 Å². The van der Waals surface area contributed by atoms with E-state index in [4.69, 9.17) is 20.9 Å². The van der Waals surface area contributed by atoms with E-state index in [1.54, 1.807) is 18.5 Å². The van der Waals surface area contributed by atoms with Gasteiger partial charge in [0.2, 0.25) is 0 Å². The third kappa shape index (κ3) is 9.56. The minimum Gasteiger partial charge on any atom is -0.487 e. The summed E-state index contributed by atoms with van der Waals surface area (Å²) in [6, 6.07) is 33.7. The molecule has 0 radical (unpaired) electrons. The van der Waals surface area contributed by atoms with Gasteiger partial charge in [0.25, 0.3) is 22.9 Å². The predicted molar refractivity (Wildman–Crippen MR) is 254 cm³/mol. The van der Waals surface area contributed by atoms with E-state index in [0.717, 1.165) is 39.2 Å². The van der Waals surface area contributed by atoms with Crippen LogP contribution in [0.3, 0.4) is 0 Å². The molecule has 2 amide bonds. The molecular weight excluding hydrogens is 821 g/mol. The number of amides is 2. The van der Waals surface area contributed by atoms with Gasteiger partial charge in [0.15, 0.2) is 0 Å². The fourth-order valence-corrected chi connectivity index (χ4v) is 7.80. The molecule has 0 saturated heterocycles. The molecule has 8 aromatic rings. The highest BCUT2D eigenvalue weighted by Gasteiger charge is 2.22. The molecule has 0 aliphatic rings. The Morgan fingerprint density at radius 2 is 1.25 bits per heavy atom. The average molecular weight is 869 g/mol. The molecule has 65 heavy (non-hydrogen) atoms. The highest BCUT2D eigenvalue weighted by atomic mass is 16.5. The molecule has 4 heterocycles. The van der Waals surface area contributed by atoms with E-state index in [-0.39, 0.29) is 35.7 Å². The summed E-state index contributed by atoms with van der Waals surface area (Å²) in [7, 11) is 0. The number of rotatable bonds is 16. The molecule has 0 bridgehead atoms. The molecule has 4 aromatic heterocycles. The van der Waals surface area contributed by atoms with Gasteiger partial charge >= 0.3 is 0 Å². The quantitative estimate of drug-likeness (QED) is 0.0522. The van der Waals surface area contributed by atoms with Crippen LogP contribution in [0.4, 0.5) is 11.4 Å². The maximum Gasteiger partial charge on any atom is 0.263 e. The Balaban J connectivity index is 1.03. The van der Waals surface area contributed by atoms with Gasteiger partial charge in [-0.2, -0.15) is 0 Å². The van der Waals surface area contributed by atoms with Gasteiger partial charge in [-0.15, -0.1) is 0 Å². The van der Waals surface area contributed by atoms with Crippen LogP contribution in [-0.2, 0) is 19.6 Å².